The highest BCUT2D eigenvalue weighted by molar-refractivity contribution is 5.50. The minimum Gasteiger partial charge on any atom is -0.259 e. The number of unbranched alkanes of at least 4 members (excludes halogenated alkanes) is 3. The van der Waals surface area contributed by atoms with Gasteiger partial charge in [-0.15, -0.1) is 0 Å². The lowest BCUT2D eigenvalue weighted by molar-refractivity contribution is -0.402. The third-order valence-corrected chi connectivity index (χ3v) is 2.55. The summed E-state index contributed by atoms with van der Waals surface area (Å²) in [7, 11) is 0. The monoisotopic (exact) mass is 257 g/mol. The molecule has 0 saturated carbocycles. The molecular weight excluding hydrogens is 238 g/mol. The van der Waals surface area contributed by atoms with E-state index in [-0.39, 0.29) is 0 Å². The SMILES string of the molecule is O=[N+]([O-])/C=C/CCCC/C=C/C=C/c1ccccc1. The minimum absolute atomic E-state index is 0.422. The first-order valence-corrected chi connectivity index (χ1v) is 6.47. The quantitative estimate of drug-likeness (QED) is 0.295. The molecule has 1 aromatic carbocycles. The van der Waals surface area contributed by atoms with Crippen molar-refractivity contribution in [2.45, 2.75) is 25.7 Å². The van der Waals surface area contributed by atoms with Crippen LogP contribution in [-0.2, 0) is 0 Å². The summed E-state index contributed by atoms with van der Waals surface area (Å²) in [6, 6.07) is 10.2. The van der Waals surface area contributed by atoms with Crippen LogP contribution in [0.25, 0.3) is 6.08 Å². The Bertz CT molecular complexity index is 447. The standard InChI is InChI=1S/C16H19NO2/c18-17(19)15-11-6-4-2-1-3-5-8-12-16-13-9-7-10-14-16/h3,5,7-15H,1-2,4,6H2/b5-3+,12-8+,15-11+. The van der Waals surface area contributed by atoms with E-state index in [9.17, 15) is 10.1 Å². The molecule has 0 aliphatic rings. The van der Waals surface area contributed by atoms with E-state index in [4.69, 9.17) is 0 Å². The van der Waals surface area contributed by atoms with Crippen LogP contribution in [0, 0.1) is 10.1 Å². The molecule has 1 aromatic rings. The van der Waals surface area contributed by atoms with Crippen LogP contribution in [0.15, 0.2) is 60.8 Å². The first kappa shape index (κ1) is 14.9. The van der Waals surface area contributed by atoms with E-state index < -0.39 is 4.92 Å². The predicted octanol–water partition coefficient (Wildman–Crippen LogP) is 4.61. The fourth-order valence-electron chi connectivity index (χ4n) is 1.59. The van der Waals surface area contributed by atoms with E-state index in [1.165, 1.54) is 5.56 Å². The van der Waals surface area contributed by atoms with E-state index in [1.807, 2.05) is 30.4 Å². The van der Waals surface area contributed by atoms with Crippen LogP contribution >= 0.6 is 0 Å². The van der Waals surface area contributed by atoms with Gasteiger partial charge in [0.1, 0.15) is 0 Å². The summed E-state index contributed by atoms with van der Waals surface area (Å²) in [6.45, 7) is 0. The van der Waals surface area contributed by atoms with Crippen LogP contribution in [0.3, 0.4) is 0 Å². The van der Waals surface area contributed by atoms with Gasteiger partial charge in [-0.1, -0.05) is 54.6 Å². The minimum atomic E-state index is -0.422. The van der Waals surface area contributed by atoms with Crippen LogP contribution in [0.1, 0.15) is 31.2 Å². The van der Waals surface area contributed by atoms with Gasteiger partial charge in [-0.2, -0.15) is 0 Å². The number of hydrogen-bond donors (Lipinski definition) is 0. The van der Waals surface area contributed by atoms with E-state index in [1.54, 1.807) is 6.08 Å². The topological polar surface area (TPSA) is 43.1 Å². The molecule has 3 nitrogen and oxygen atoms in total. The van der Waals surface area contributed by atoms with Crippen molar-refractivity contribution in [1.82, 2.24) is 0 Å². The highest BCUT2D eigenvalue weighted by Gasteiger charge is 1.86. The van der Waals surface area contributed by atoms with Gasteiger partial charge in [0.25, 0.3) is 0 Å². The molecular formula is C16H19NO2. The van der Waals surface area contributed by atoms with E-state index in [0.29, 0.717) is 0 Å². The summed E-state index contributed by atoms with van der Waals surface area (Å²) in [5, 5.41) is 10.0. The highest BCUT2D eigenvalue weighted by Crippen LogP contribution is 2.03. The number of rotatable bonds is 8. The Morgan fingerprint density at radius 3 is 2.37 bits per heavy atom. The molecule has 0 amide bonds. The zero-order valence-electron chi connectivity index (χ0n) is 10.9. The molecule has 0 saturated heterocycles. The maximum atomic E-state index is 10.0. The number of nitrogens with zero attached hydrogens (tertiary/aromatic N) is 1. The number of hydrogen-bond acceptors (Lipinski definition) is 2. The lowest BCUT2D eigenvalue weighted by Crippen LogP contribution is -1.82. The maximum absolute atomic E-state index is 10.0. The zero-order chi connectivity index (χ0) is 13.8. The van der Waals surface area contributed by atoms with Gasteiger partial charge in [0.2, 0.25) is 6.20 Å². The highest BCUT2D eigenvalue weighted by atomic mass is 16.6. The zero-order valence-corrected chi connectivity index (χ0v) is 10.9. The fraction of sp³-hybridized carbons (Fsp3) is 0.250. The smallest absolute Gasteiger partial charge is 0.230 e. The summed E-state index contributed by atoms with van der Waals surface area (Å²) in [6.07, 6.45) is 14.7. The van der Waals surface area contributed by atoms with Crippen molar-refractivity contribution in [3.63, 3.8) is 0 Å². The summed E-state index contributed by atoms with van der Waals surface area (Å²) >= 11 is 0. The lowest BCUT2D eigenvalue weighted by atomic mass is 10.1. The van der Waals surface area contributed by atoms with Gasteiger partial charge < -0.3 is 0 Å². The Morgan fingerprint density at radius 2 is 1.68 bits per heavy atom. The molecule has 19 heavy (non-hydrogen) atoms. The Morgan fingerprint density at radius 1 is 1.00 bits per heavy atom. The summed E-state index contributed by atoms with van der Waals surface area (Å²) in [4.78, 5) is 9.60. The largest absolute Gasteiger partial charge is 0.259 e. The fourth-order valence-corrected chi connectivity index (χ4v) is 1.59. The van der Waals surface area contributed by atoms with Crippen molar-refractivity contribution in [3.8, 4) is 0 Å². The molecule has 0 bridgehead atoms. The lowest BCUT2D eigenvalue weighted by Gasteiger charge is -1.91. The summed E-state index contributed by atoms with van der Waals surface area (Å²) in [5.41, 5.74) is 1.19. The van der Waals surface area contributed by atoms with Crippen LogP contribution in [-0.4, -0.2) is 4.92 Å². The molecule has 0 fully saturated rings. The summed E-state index contributed by atoms with van der Waals surface area (Å²) < 4.78 is 0. The van der Waals surface area contributed by atoms with Crippen LogP contribution < -0.4 is 0 Å². The van der Waals surface area contributed by atoms with E-state index >= 15 is 0 Å². The molecule has 1 rings (SSSR count). The third kappa shape index (κ3) is 8.55. The molecule has 0 N–H and O–H groups in total. The van der Waals surface area contributed by atoms with Gasteiger partial charge in [-0.3, -0.25) is 10.1 Å². The number of nitro groups is 1. The van der Waals surface area contributed by atoms with Gasteiger partial charge >= 0.3 is 0 Å². The Hall–Kier alpha value is -2.16. The average molecular weight is 257 g/mol. The number of benzene rings is 1. The number of allylic oxidation sites excluding steroid dienone is 4. The molecule has 0 spiro atoms. The second-order valence-electron chi connectivity index (χ2n) is 4.15. The Balaban J connectivity index is 2.08. The third-order valence-electron chi connectivity index (χ3n) is 2.55. The predicted molar refractivity (Wildman–Crippen MR) is 79.2 cm³/mol. The van der Waals surface area contributed by atoms with Gasteiger partial charge in [-0.25, -0.2) is 0 Å². The van der Waals surface area contributed by atoms with E-state index in [2.05, 4.69) is 24.3 Å². The first-order valence-electron chi connectivity index (χ1n) is 6.47. The molecule has 3 heteroatoms. The average Bonchev–Trinajstić information content (AvgIpc) is 2.42. The van der Waals surface area contributed by atoms with Crippen molar-refractivity contribution in [3.05, 3.63) is 76.5 Å². The molecule has 0 radical (unpaired) electrons. The van der Waals surface area contributed by atoms with Gasteiger partial charge in [0.15, 0.2) is 0 Å². The maximum Gasteiger partial charge on any atom is 0.230 e. The van der Waals surface area contributed by atoms with Gasteiger partial charge in [0.05, 0.1) is 4.92 Å². The molecule has 100 valence electrons. The second kappa shape index (κ2) is 9.83. The Labute approximate surface area is 114 Å². The van der Waals surface area contributed by atoms with Crippen molar-refractivity contribution >= 4 is 6.08 Å². The molecule has 0 aliphatic carbocycles. The Kier molecular flexibility index (Phi) is 7.71. The van der Waals surface area contributed by atoms with Crippen molar-refractivity contribution in [2.24, 2.45) is 0 Å². The van der Waals surface area contributed by atoms with E-state index in [0.717, 1.165) is 31.9 Å². The molecule has 0 heterocycles. The van der Waals surface area contributed by atoms with Crippen molar-refractivity contribution in [1.29, 1.82) is 0 Å². The molecule has 0 atom stereocenters. The molecule has 0 aliphatic heterocycles. The first-order chi connectivity index (χ1) is 9.29. The van der Waals surface area contributed by atoms with Crippen LogP contribution in [0.5, 0.6) is 0 Å². The second-order valence-corrected chi connectivity index (χ2v) is 4.15. The van der Waals surface area contributed by atoms with Crippen LogP contribution in [0.2, 0.25) is 0 Å². The normalized spacial score (nSPS) is 11.8. The molecule has 0 unspecified atom stereocenters. The van der Waals surface area contributed by atoms with Crippen molar-refractivity contribution in [2.75, 3.05) is 0 Å². The summed E-state index contributed by atoms with van der Waals surface area (Å²) in [5.74, 6) is 0. The van der Waals surface area contributed by atoms with Crippen LogP contribution in [0.4, 0.5) is 0 Å². The van der Waals surface area contributed by atoms with Gasteiger partial charge in [-0.05, 0) is 37.3 Å². The van der Waals surface area contributed by atoms with Gasteiger partial charge in [0, 0.05) is 0 Å². The van der Waals surface area contributed by atoms with Crippen molar-refractivity contribution < 1.29 is 4.92 Å². The molecule has 0 aromatic heterocycles.